The third-order valence-electron chi connectivity index (χ3n) is 0.999. The molecule has 0 aliphatic carbocycles. The maximum Gasteiger partial charge on any atom is 0.190 e. The zero-order valence-corrected chi connectivity index (χ0v) is 7.50. The summed E-state index contributed by atoms with van der Waals surface area (Å²) in [4.78, 5) is 11.5. The molecule has 0 unspecified atom stereocenters. The molecule has 0 heterocycles. The maximum atomic E-state index is 10.6. The molecule has 0 bridgehead atoms. The summed E-state index contributed by atoms with van der Waals surface area (Å²) < 4.78 is 0. The molecule has 1 aromatic rings. The normalized spacial score (nSPS) is 9.64. The van der Waals surface area contributed by atoms with Gasteiger partial charge < -0.3 is 0 Å². The quantitative estimate of drug-likeness (QED) is 0.626. The third kappa shape index (κ3) is 2.95. The van der Waals surface area contributed by atoms with Crippen molar-refractivity contribution in [1.82, 2.24) is 0 Å². The molecule has 0 amide bonds. The molecule has 0 N–H and O–H groups in total. The molecule has 0 aromatic heterocycles. The van der Waals surface area contributed by atoms with Crippen LogP contribution in [0.3, 0.4) is 0 Å². The Labute approximate surface area is 74.7 Å². The number of hydrogen-bond donors (Lipinski definition) is 0. The second kappa shape index (κ2) is 3.79. The summed E-state index contributed by atoms with van der Waals surface area (Å²) in [5.41, 5.74) is 0. The lowest BCUT2D eigenvalue weighted by Gasteiger charge is -1.95. The second-order valence-corrected chi connectivity index (χ2v) is 3.62. The van der Waals surface area contributed by atoms with Crippen LogP contribution in [0.15, 0.2) is 23.1 Å². The van der Waals surface area contributed by atoms with Gasteiger partial charge in [-0.2, -0.15) is 0 Å². The molecule has 0 aliphatic heterocycles. The summed E-state index contributed by atoms with van der Waals surface area (Å²) >= 11 is 6.82. The van der Waals surface area contributed by atoms with Gasteiger partial charge in [0.2, 0.25) is 0 Å². The molecule has 1 aromatic carbocycles. The number of carbonyl (C=O) groups excluding carboxylic acids is 1. The number of hydrogen-bond acceptors (Lipinski definition) is 2. The molecule has 1 radical (unpaired) electrons. The Morgan fingerprint density at radius 1 is 1.73 bits per heavy atom. The van der Waals surface area contributed by atoms with E-state index in [1.165, 1.54) is 18.7 Å². The van der Waals surface area contributed by atoms with Crippen molar-refractivity contribution in [3.05, 3.63) is 29.3 Å². The Hall–Kier alpha value is -0.470. The van der Waals surface area contributed by atoms with E-state index in [9.17, 15) is 4.79 Å². The van der Waals surface area contributed by atoms with Crippen LogP contribution in [0.25, 0.3) is 0 Å². The molecule has 3 heteroatoms. The van der Waals surface area contributed by atoms with Gasteiger partial charge in [0.1, 0.15) is 0 Å². The molecule has 57 valence electrons. The Morgan fingerprint density at radius 3 is 3.00 bits per heavy atom. The van der Waals surface area contributed by atoms with E-state index in [0.717, 1.165) is 4.90 Å². The Kier molecular flexibility index (Phi) is 2.97. The van der Waals surface area contributed by atoms with Gasteiger partial charge in [-0.1, -0.05) is 29.4 Å². The number of carbonyl (C=O) groups is 1. The fraction of sp³-hybridized carbons (Fsp3) is 0.125. The topological polar surface area (TPSA) is 17.1 Å². The highest BCUT2D eigenvalue weighted by atomic mass is 35.5. The van der Waals surface area contributed by atoms with Crippen molar-refractivity contribution in [2.45, 2.75) is 11.8 Å². The maximum absolute atomic E-state index is 10.6. The SMILES string of the molecule is CC(=O)Sc1cc[c]c(Cl)c1. The Bertz CT molecular complexity index is 273. The van der Waals surface area contributed by atoms with Crippen molar-refractivity contribution in [1.29, 1.82) is 0 Å². The average Bonchev–Trinajstić information content (AvgIpc) is 1.85. The lowest BCUT2D eigenvalue weighted by Crippen LogP contribution is -1.80. The highest BCUT2D eigenvalue weighted by Gasteiger charge is 1.97. The van der Waals surface area contributed by atoms with Crippen molar-refractivity contribution in [3.63, 3.8) is 0 Å². The summed E-state index contributed by atoms with van der Waals surface area (Å²) in [6, 6.07) is 8.01. The van der Waals surface area contributed by atoms with Crippen LogP contribution < -0.4 is 0 Å². The number of benzene rings is 1. The van der Waals surface area contributed by atoms with Gasteiger partial charge >= 0.3 is 0 Å². The predicted octanol–water partition coefficient (Wildman–Crippen LogP) is 2.78. The summed E-state index contributed by atoms with van der Waals surface area (Å²) in [6.45, 7) is 1.52. The molecule has 0 fully saturated rings. The first kappa shape index (κ1) is 8.62. The van der Waals surface area contributed by atoms with Crippen molar-refractivity contribution >= 4 is 28.5 Å². The largest absolute Gasteiger partial charge is 0.287 e. The van der Waals surface area contributed by atoms with Crippen LogP contribution in [0.4, 0.5) is 0 Å². The van der Waals surface area contributed by atoms with Gasteiger partial charge in [-0.15, -0.1) is 0 Å². The molecule has 1 nitrogen and oxygen atoms in total. The van der Waals surface area contributed by atoms with Gasteiger partial charge in [-0.25, -0.2) is 0 Å². The van der Waals surface area contributed by atoms with Crippen molar-refractivity contribution in [2.75, 3.05) is 0 Å². The van der Waals surface area contributed by atoms with Crippen LogP contribution in [0.1, 0.15) is 6.92 Å². The monoisotopic (exact) mass is 185 g/mol. The van der Waals surface area contributed by atoms with Crippen LogP contribution in [0, 0.1) is 6.07 Å². The lowest BCUT2D eigenvalue weighted by molar-refractivity contribution is -0.109. The zero-order chi connectivity index (χ0) is 8.27. The number of halogens is 1. The van der Waals surface area contributed by atoms with Crippen molar-refractivity contribution in [3.8, 4) is 0 Å². The molecule has 0 aliphatic rings. The fourth-order valence-corrected chi connectivity index (χ4v) is 1.54. The summed E-state index contributed by atoms with van der Waals surface area (Å²) in [5, 5.41) is 0.600. The minimum Gasteiger partial charge on any atom is -0.287 e. The minimum atomic E-state index is 0.0623. The Morgan fingerprint density at radius 2 is 2.45 bits per heavy atom. The number of thioether (sulfide) groups is 1. The van der Waals surface area contributed by atoms with E-state index in [1.807, 2.05) is 0 Å². The molecule has 0 atom stereocenters. The molecule has 11 heavy (non-hydrogen) atoms. The second-order valence-electron chi connectivity index (χ2n) is 1.97. The Balaban J connectivity index is 2.79. The van der Waals surface area contributed by atoms with Crippen LogP contribution >= 0.6 is 23.4 Å². The van der Waals surface area contributed by atoms with Crippen LogP contribution in [-0.2, 0) is 4.79 Å². The molecule has 0 saturated heterocycles. The number of rotatable bonds is 1. The van der Waals surface area contributed by atoms with Crippen LogP contribution in [-0.4, -0.2) is 5.12 Å². The van der Waals surface area contributed by atoms with E-state index in [4.69, 9.17) is 11.6 Å². The third-order valence-corrected chi connectivity index (χ3v) is 1.99. The summed E-state index contributed by atoms with van der Waals surface area (Å²) in [7, 11) is 0. The summed E-state index contributed by atoms with van der Waals surface area (Å²) in [5.74, 6) is 0. The molecular formula is C8H6ClOS. The average molecular weight is 186 g/mol. The lowest BCUT2D eigenvalue weighted by atomic mass is 10.4. The van der Waals surface area contributed by atoms with Gasteiger partial charge in [0.15, 0.2) is 5.12 Å². The molecule has 0 saturated carbocycles. The fourth-order valence-electron chi connectivity index (χ4n) is 0.648. The first-order valence-electron chi connectivity index (χ1n) is 3.04. The van der Waals surface area contributed by atoms with Crippen LogP contribution in [0.5, 0.6) is 0 Å². The molecule has 0 spiro atoms. The van der Waals surface area contributed by atoms with E-state index < -0.39 is 0 Å². The van der Waals surface area contributed by atoms with E-state index >= 15 is 0 Å². The van der Waals surface area contributed by atoms with Gasteiger partial charge in [0.25, 0.3) is 0 Å². The van der Waals surface area contributed by atoms with E-state index in [0.29, 0.717) is 5.02 Å². The zero-order valence-electron chi connectivity index (χ0n) is 5.93. The van der Waals surface area contributed by atoms with Crippen molar-refractivity contribution in [2.24, 2.45) is 0 Å². The molecular weight excluding hydrogens is 180 g/mol. The smallest absolute Gasteiger partial charge is 0.190 e. The van der Waals surface area contributed by atoms with Gasteiger partial charge in [0.05, 0.1) is 0 Å². The van der Waals surface area contributed by atoms with E-state index in [2.05, 4.69) is 6.07 Å². The summed E-state index contributed by atoms with van der Waals surface area (Å²) in [6.07, 6.45) is 0. The van der Waals surface area contributed by atoms with Gasteiger partial charge in [-0.05, 0) is 12.1 Å². The first-order valence-corrected chi connectivity index (χ1v) is 4.23. The van der Waals surface area contributed by atoms with E-state index in [-0.39, 0.29) is 5.12 Å². The van der Waals surface area contributed by atoms with E-state index in [1.54, 1.807) is 18.2 Å². The molecule has 1 rings (SSSR count). The van der Waals surface area contributed by atoms with Gasteiger partial charge in [-0.3, -0.25) is 4.79 Å². The first-order chi connectivity index (χ1) is 5.18. The highest BCUT2D eigenvalue weighted by molar-refractivity contribution is 8.13. The minimum absolute atomic E-state index is 0.0623. The highest BCUT2D eigenvalue weighted by Crippen LogP contribution is 2.21. The standard InChI is InChI=1S/C8H6ClOS/c1-6(10)11-8-4-2-3-7(9)5-8/h2,4-5H,1H3. The van der Waals surface area contributed by atoms with Crippen molar-refractivity contribution < 1.29 is 4.79 Å². The van der Waals surface area contributed by atoms with Crippen LogP contribution in [0.2, 0.25) is 5.02 Å². The predicted molar refractivity (Wildman–Crippen MR) is 46.8 cm³/mol. The van der Waals surface area contributed by atoms with Gasteiger partial charge in [0, 0.05) is 22.9 Å².